The van der Waals surface area contributed by atoms with E-state index in [9.17, 15) is 0 Å². The third kappa shape index (κ3) is 4.58. The van der Waals surface area contributed by atoms with E-state index in [2.05, 4.69) is 0 Å². The molecule has 0 atom stereocenters. The lowest BCUT2D eigenvalue weighted by Gasteiger charge is -2.46. The summed E-state index contributed by atoms with van der Waals surface area (Å²) in [4.78, 5) is 1.98. The molecule has 0 saturated heterocycles. The van der Waals surface area contributed by atoms with Crippen molar-refractivity contribution >= 4 is 0 Å². The van der Waals surface area contributed by atoms with Crippen molar-refractivity contribution < 1.29 is 9.47 Å². The highest BCUT2D eigenvalue weighted by atomic mass is 16.7. The molecule has 0 fully saturated rings. The fourth-order valence-electron chi connectivity index (χ4n) is 2.06. The zero-order valence-corrected chi connectivity index (χ0v) is 14.2. The molecule has 0 unspecified atom stereocenters. The van der Waals surface area contributed by atoms with Gasteiger partial charge in [0.25, 0.3) is 5.91 Å². The molecular weight excluding hydrogens is 250 g/mol. The molecule has 1 aromatic rings. The maximum atomic E-state index is 6.35. The minimum Gasteiger partial charge on any atom is -0.328 e. The molecule has 1 rings (SSSR count). The molecule has 0 aliphatic heterocycles. The molecule has 0 aliphatic rings. The van der Waals surface area contributed by atoms with E-state index >= 15 is 0 Å². The van der Waals surface area contributed by atoms with Gasteiger partial charge in [-0.2, -0.15) is 0 Å². The standard InChI is InChI=1S/C17H29NO2/c1-15(2,3)19-17(18(7)8,20-16(4,5)6)14-12-10-9-11-13-14/h9-13H,1-8H3. The Kier molecular flexibility index (Phi) is 5.01. The highest BCUT2D eigenvalue weighted by Crippen LogP contribution is 2.37. The van der Waals surface area contributed by atoms with Gasteiger partial charge in [-0.1, -0.05) is 30.3 Å². The molecule has 3 nitrogen and oxygen atoms in total. The average Bonchev–Trinajstić information content (AvgIpc) is 2.25. The predicted molar refractivity (Wildman–Crippen MR) is 83.5 cm³/mol. The number of rotatable bonds is 4. The van der Waals surface area contributed by atoms with Gasteiger partial charge in [-0.05, 0) is 55.6 Å². The van der Waals surface area contributed by atoms with Crippen molar-refractivity contribution in [1.82, 2.24) is 4.90 Å². The van der Waals surface area contributed by atoms with E-state index in [0.717, 1.165) is 5.56 Å². The van der Waals surface area contributed by atoms with Crippen LogP contribution in [0, 0.1) is 0 Å². The second kappa shape index (κ2) is 5.84. The summed E-state index contributed by atoms with van der Waals surface area (Å²) in [6, 6.07) is 10.1. The van der Waals surface area contributed by atoms with Gasteiger partial charge < -0.3 is 9.47 Å². The van der Waals surface area contributed by atoms with Crippen LogP contribution in [0.25, 0.3) is 0 Å². The molecule has 0 saturated carbocycles. The normalized spacial score (nSPS) is 13.8. The van der Waals surface area contributed by atoms with Crippen LogP contribution >= 0.6 is 0 Å². The van der Waals surface area contributed by atoms with E-state index in [1.165, 1.54) is 0 Å². The minimum atomic E-state index is -0.905. The Bertz CT molecular complexity index is 397. The van der Waals surface area contributed by atoms with E-state index in [0.29, 0.717) is 0 Å². The first-order chi connectivity index (χ1) is 8.96. The SMILES string of the molecule is CN(C)C(OC(C)(C)C)(OC(C)(C)C)c1ccccc1. The molecule has 1 aromatic carbocycles. The van der Waals surface area contributed by atoms with E-state index in [-0.39, 0.29) is 11.2 Å². The Morgan fingerprint density at radius 1 is 0.750 bits per heavy atom. The Morgan fingerprint density at radius 2 is 1.15 bits per heavy atom. The maximum absolute atomic E-state index is 6.35. The molecule has 114 valence electrons. The first-order valence-corrected chi connectivity index (χ1v) is 7.10. The van der Waals surface area contributed by atoms with Crippen LogP contribution in [0.1, 0.15) is 47.1 Å². The summed E-state index contributed by atoms with van der Waals surface area (Å²) in [5, 5.41) is 0. The predicted octanol–water partition coefficient (Wildman–Crippen LogP) is 3.99. The van der Waals surface area contributed by atoms with Crippen LogP contribution in [0.3, 0.4) is 0 Å². The van der Waals surface area contributed by atoms with Crippen molar-refractivity contribution in [3.8, 4) is 0 Å². The largest absolute Gasteiger partial charge is 0.328 e. The number of hydrogen-bond donors (Lipinski definition) is 0. The summed E-state index contributed by atoms with van der Waals surface area (Å²) in [6.07, 6.45) is 0. The molecule has 0 spiro atoms. The lowest BCUT2D eigenvalue weighted by Crippen LogP contribution is -2.53. The van der Waals surface area contributed by atoms with E-state index in [1.807, 2.05) is 90.9 Å². The van der Waals surface area contributed by atoms with Crippen LogP contribution in [0.15, 0.2) is 30.3 Å². The summed E-state index contributed by atoms with van der Waals surface area (Å²) in [7, 11) is 3.95. The Balaban J connectivity index is 3.35. The van der Waals surface area contributed by atoms with Crippen molar-refractivity contribution in [1.29, 1.82) is 0 Å². The molecule has 0 N–H and O–H groups in total. The van der Waals surface area contributed by atoms with Crippen molar-refractivity contribution in [2.24, 2.45) is 0 Å². The van der Waals surface area contributed by atoms with E-state index < -0.39 is 5.91 Å². The van der Waals surface area contributed by atoms with Gasteiger partial charge in [0.1, 0.15) is 0 Å². The van der Waals surface area contributed by atoms with Gasteiger partial charge in [-0.25, -0.2) is 0 Å². The second-order valence-electron chi connectivity index (χ2n) is 7.27. The quantitative estimate of drug-likeness (QED) is 0.778. The highest BCUT2D eigenvalue weighted by molar-refractivity contribution is 5.20. The van der Waals surface area contributed by atoms with Crippen LogP contribution in [-0.2, 0) is 15.4 Å². The van der Waals surface area contributed by atoms with Crippen molar-refractivity contribution in [3.63, 3.8) is 0 Å². The summed E-state index contributed by atoms with van der Waals surface area (Å²) in [5.74, 6) is -0.905. The lowest BCUT2D eigenvalue weighted by atomic mass is 10.1. The van der Waals surface area contributed by atoms with Gasteiger partial charge in [-0.3, -0.25) is 4.90 Å². The summed E-state index contributed by atoms with van der Waals surface area (Å²) >= 11 is 0. The molecule has 3 heteroatoms. The Labute approximate surface area is 123 Å². The van der Waals surface area contributed by atoms with Crippen molar-refractivity contribution in [2.45, 2.75) is 58.7 Å². The summed E-state index contributed by atoms with van der Waals surface area (Å²) < 4.78 is 12.7. The molecule has 0 aliphatic carbocycles. The molecule has 0 bridgehead atoms. The van der Waals surface area contributed by atoms with E-state index in [4.69, 9.17) is 9.47 Å². The van der Waals surface area contributed by atoms with Crippen LogP contribution in [0.4, 0.5) is 0 Å². The third-order valence-corrected chi connectivity index (χ3v) is 2.62. The van der Waals surface area contributed by atoms with Crippen LogP contribution in [0.5, 0.6) is 0 Å². The van der Waals surface area contributed by atoms with Gasteiger partial charge >= 0.3 is 0 Å². The molecule has 0 amide bonds. The number of nitrogens with zero attached hydrogens (tertiary/aromatic N) is 1. The summed E-state index contributed by atoms with van der Waals surface area (Å²) in [5.41, 5.74) is 0.339. The van der Waals surface area contributed by atoms with Crippen molar-refractivity contribution in [2.75, 3.05) is 14.1 Å². The first kappa shape index (κ1) is 17.2. The summed E-state index contributed by atoms with van der Waals surface area (Å²) in [6.45, 7) is 12.3. The molecule has 0 aromatic heterocycles. The number of ether oxygens (including phenoxy) is 2. The molecule has 20 heavy (non-hydrogen) atoms. The fraction of sp³-hybridized carbons (Fsp3) is 0.647. The third-order valence-electron chi connectivity index (χ3n) is 2.62. The van der Waals surface area contributed by atoms with Crippen LogP contribution < -0.4 is 0 Å². The smallest absolute Gasteiger partial charge is 0.258 e. The van der Waals surface area contributed by atoms with Crippen LogP contribution in [0.2, 0.25) is 0 Å². The zero-order valence-electron chi connectivity index (χ0n) is 14.2. The monoisotopic (exact) mass is 279 g/mol. The number of hydrogen-bond acceptors (Lipinski definition) is 3. The lowest BCUT2D eigenvalue weighted by molar-refractivity contribution is -0.378. The maximum Gasteiger partial charge on any atom is 0.258 e. The minimum absolute atomic E-state index is 0.328. The van der Waals surface area contributed by atoms with Gasteiger partial charge in [0.15, 0.2) is 0 Å². The molecular formula is C17H29NO2. The first-order valence-electron chi connectivity index (χ1n) is 7.10. The molecule has 0 radical (unpaired) electrons. The Hall–Kier alpha value is -0.900. The topological polar surface area (TPSA) is 21.7 Å². The number of benzene rings is 1. The Morgan fingerprint density at radius 3 is 1.45 bits per heavy atom. The van der Waals surface area contributed by atoms with Gasteiger partial charge in [0, 0.05) is 5.56 Å². The van der Waals surface area contributed by atoms with Gasteiger partial charge in [-0.15, -0.1) is 0 Å². The van der Waals surface area contributed by atoms with Gasteiger partial charge in [0.05, 0.1) is 11.2 Å². The van der Waals surface area contributed by atoms with Gasteiger partial charge in [0.2, 0.25) is 0 Å². The van der Waals surface area contributed by atoms with E-state index in [1.54, 1.807) is 0 Å². The second-order valence-corrected chi connectivity index (χ2v) is 7.27. The highest BCUT2D eigenvalue weighted by Gasteiger charge is 2.44. The molecule has 0 heterocycles. The van der Waals surface area contributed by atoms with Crippen LogP contribution in [-0.4, -0.2) is 30.2 Å². The fourth-order valence-corrected chi connectivity index (χ4v) is 2.06. The average molecular weight is 279 g/mol. The zero-order chi connectivity index (χ0) is 15.6. The van der Waals surface area contributed by atoms with Crippen molar-refractivity contribution in [3.05, 3.63) is 35.9 Å².